The Balaban J connectivity index is 5.42. The van der Waals surface area contributed by atoms with Gasteiger partial charge < -0.3 is 28.5 Å². The fourth-order valence-corrected chi connectivity index (χ4v) is 8.02. The summed E-state index contributed by atoms with van der Waals surface area (Å²) in [6, 6.07) is -0.925. The average Bonchev–Trinajstić information content (AvgIpc) is 3.34. The highest BCUT2D eigenvalue weighted by Gasteiger charge is 2.27. The van der Waals surface area contributed by atoms with Crippen LogP contribution < -0.4 is 10.2 Å². The van der Waals surface area contributed by atoms with Crippen LogP contribution in [0.3, 0.4) is 0 Å². The number of esters is 1. The highest BCUT2D eigenvalue weighted by Crippen LogP contribution is 2.38. The summed E-state index contributed by atoms with van der Waals surface area (Å²) in [4.78, 5) is 39.8. The van der Waals surface area contributed by atoms with E-state index < -0.39 is 32.5 Å². The zero-order valence-corrected chi connectivity index (χ0v) is 47.5. The molecule has 0 saturated heterocycles. The summed E-state index contributed by atoms with van der Waals surface area (Å²) in [5.41, 5.74) is 0. The van der Waals surface area contributed by atoms with Crippen LogP contribution in [0.5, 0.6) is 0 Å². The molecule has 72 heavy (non-hydrogen) atoms. The Morgan fingerprint density at radius 1 is 0.500 bits per heavy atom. The van der Waals surface area contributed by atoms with E-state index in [1.807, 2.05) is 27.2 Å². The van der Waals surface area contributed by atoms with E-state index in [0.717, 1.165) is 116 Å². The lowest BCUT2D eigenvalue weighted by Gasteiger charge is -2.30. The van der Waals surface area contributed by atoms with Crippen molar-refractivity contribution in [3.05, 3.63) is 122 Å². The number of amides is 1. The van der Waals surface area contributed by atoms with Crippen molar-refractivity contribution in [1.29, 1.82) is 0 Å². The molecule has 0 aromatic heterocycles. The smallest absolute Gasteiger partial charge is 0.306 e. The highest BCUT2D eigenvalue weighted by molar-refractivity contribution is 7.45. The number of nitrogens with one attached hydrogen (secondary N) is 1. The number of hydrogen-bond acceptors (Lipinski definition) is 7. The number of phosphoric ester groups is 1. The molecule has 0 bridgehead atoms. The number of rotatable bonds is 49. The third-order valence-electron chi connectivity index (χ3n) is 11.6. The lowest BCUT2D eigenvalue weighted by molar-refractivity contribution is -0.870. The predicted octanol–water partition coefficient (Wildman–Crippen LogP) is 16.5. The van der Waals surface area contributed by atoms with Gasteiger partial charge in [0.15, 0.2) is 0 Å². The second kappa shape index (κ2) is 50.9. The van der Waals surface area contributed by atoms with Crippen LogP contribution in [0.25, 0.3) is 0 Å². The minimum absolute atomic E-state index is 0.0410. The van der Waals surface area contributed by atoms with Crippen molar-refractivity contribution >= 4 is 19.7 Å². The highest BCUT2D eigenvalue weighted by atomic mass is 31.2. The van der Waals surface area contributed by atoms with Gasteiger partial charge in [0.25, 0.3) is 7.82 Å². The maximum absolute atomic E-state index is 13.4. The van der Waals surface area contributed by atoms with Crippen LogP contribution in [-0.2, 0) is 27.9 Å². The summed E-state index contributed by atoms with van der Waals surface area (Å²) in [7, 11) is 1.12. The van der Waals surface area contributed by atoms with Gasteiger partial charge in [-0.25, -0.2) is 0 Å². The molecule has 0 aliphatic carbocycles. The van der Waals surface area contributed by atoms with Crippen LogP contribution in [0.15, 0.2) is 122 Å². The van der Waals surface area contributed by atoms with Crippen molar-refractivity contribution in [2.75, 3.05) is 40.9 Å². The van der Waals surface area contributed by atoms with Gasteiger partial charge in [0, 0.05) is 12.8 Å². The standard InChI is InChI=1S/C62H105N2O7P/c1-7-10-13-16-19-22-25-27-29-30-31-32-33-34-35-37-40-43-46-49-52-55-62(66)71-60(53-50-47-44-41-38-24-21-18-15-12-9-3)59(58-70-72(67,68)69-57-56-64(4,5)6)63-61(65)54-51-48-45-42-39-36-28-26-23-20-17-14-11-8-2/h10-11,13-14,19-20,22-23,27-29,31-32,34-36,40,43,50,53,59-60H,7-9,12,15-18,21,24-26,30,33,37-39,41-42,44-49,51-52,54-58H2,1-6H3,(H-,63,65,67,68)/b13-10-,14-11+,22-19-,23-20+,29-27-,32-31-,35-34-,36-28+,43-40-,53-50-. The molecule has 0 heterocycles. The van der Waals surface area contributed by atoms with Crippen LogP contribution in [0.1, 0.15) is 207 Å². The molecule has 9 nitrogen and oxygen atoms in total. The number of ether oxygens (including phenoxy) is 1. The van der Waals surface area contributed by atoms with Gasteiger partial charge >= 0.3 is 5.97 Å². The quantitative estimate of drug-likeness (QED) is 0.0212. The Kier molecular flexibility index (Phi) is 48.4. The van der Waals surface area contributed by atoms with Gasteiger partial charge in [0.05, 0.1) is 33.8 Å². The fraction of sp³-hybridized carbons (Fsp3) is 0.645. The number of hydrogen-bond donors (Lipinski definition) is 1. The first-order valence-electron chi connectivity index (χ1n) is 28.3. The Labute approximate surface area is 442 Å². The van der Waals surface area contributed by atoms with E-state index in [-0.39, 0.29) is 25.4 Å². The molecule has 0 radical (unpaired) electrons. The Hall–Kier alpha value is -3.59. The van der Waals surface area contributed by atoms with Crippen molar-refractivity contribution in [1.82, 2.24) is 5.32 Å². The van der Waals surface area contributed by atoms with Crippen LogP contribution in [-0.4, -0.2) is 69.4 Å². The molecule has 3 atom stereocenters. The number of phosphoric acid groups is 1. The zero-order valence-electron chi connectivity index (χ0n) is 46.6. The second-order valence-corrected chi connectivity index (χ2v) is 21.1. The van der Waals surface area contributed by atoms with Gasteiger partial charge in [-0.05, 0) is 115 Å². The summed E-state index contributed by atoms with van der Waals surface area (Å²) < 4.78 is 30.1. The monoisotopic (exact) mass is 1020 g/mol. The summed E-state index contributed by atoms with van der Waals surface area (Å²) in [6.07, 6.45) is 70.3. The van der Waals surface area contributed by atoms with Gasteiger partial charge in [-0.2, -0.15) is 0 Å². The molecular weight excluding hydrogens is 916 g/mol. The van der Waals surface area contributed by atoms with E-state index in [9.17, 15) is 19.0 Å². The van der Waals surface area contributed by atoms with Crippen LogP contribution in [0, 0.1) is 0 Å². The normalized spacial score (nSPS) is 14.7. The Morgan fingerprint density at radius 3 is 1.35 bits per heavy atom. The SMILES string of the molecule is CC/C=C\C/C=C\C/C=C\C/C=C\C/C=C\C/C=C\CCCCC(=O)OC(/C=C\CCCCCCCCCCC)C(COP(=O)([O-])OCC[N+](C)(C)C)NC(=O)CCCCCC/C=C/C/C=C/C/C=C/CC. The molecule has 0 fully saturated rings. The van der Waals surface area contributed by atoms with Crippen LogP contribution in [0.2, 0.25) is 0 Å². The first-order valence-corrected chi connectivity index (χ1v) is 29.8. The minimum atomic E-state index is -4.72. The van der Waals surface area contributed by atoms with E-state index in [1.165, 1.54) is 44.9 Å². The molecule has 1 amide bonds. The van der Waals surface area contributed by atoms with Gasteiger partial charge in [0.1, 0.15) is 19.3 Å². The number of carbonyl (C=O) groups excluding carboxylic acids is 2. The third-order valence-corrected chi connectivity index (χ3v) is 12.6. The maximum atomic E-state index is 13.4. The van der Waals surface area contributed by atoms with Crippen molar-refractivity contribution in [2.24, 2.45) is 0 Å². The average molecular weight is 1020 g/mol. The molecule has 1 N–H and O–H groups in total. The van der Waals surface area contributed by atoms with Crippen LogP contribution in [0.4, 0.5) is 0 Å². The Morgan fingerprint density at radius 2 is 0.889 bits per heavy atom. The number of carbonyl (C=O) groups is 2. The topological polar surface area (TPSA) is 114 Å². The summed E-state index contributed by atoms with van der Waals surface area (Å²) >= 11 is 0. The summed E-state index contributed by atoms with van der Waals surface area (Å²) in [5, 5.41) is 2.99. The van der Waals surface area contributed by atoms with Crippen molar-refractivity contribution < 1.29 is 37.3 Å². The fourth-order valence-electron chi connectivity index (χ4n) is 7.30. The summed E-state index contributed by atoms with van der Waals surface area (Å²) in [5.74, 6) is -0.631. The molecule has 0 aliphatic heterocycles. The number of nitrogens with zero attached hydrogens (tertiary/aromatic N) is 1. The van der Waals surface area contributed by atoms with E-state index >= 15 is 0 Å². The molecule has 0 saturated carbocycles. The molecule has 0 rings (SSSR count). The second-order valence-electron chi connectivity index (χ2n) is 19.7. The minimum Gasteiger partial charge on any atom is -0.756 e. The largest absolute Gasteiger partial charge is 0.756 e. The first kappa shape index (κ1) is 68.4. The van der Waals surface area contributed by atoms with E-state index in [4.69, 9.17) is 13.8 Å². The van der Waals surface area contributed by atoms with Crippen molar-refractivity contribution in [3.8, 4) is 0 Å². The van der Waals surface area contributed by atoms with Crippen molar-refractivity contribution in [3.63, 3.8) is 0 Å². The van der Waals surface area contributed by atoms with E-state index in [1.54, 1.807) is 6.08 Å². The maximum Gasteiger partial charge on any atom is 0.306 e. The third kappa shape index (κ3) is 51.3. The number of allylic oxidation sites excluding steroid dienone is 19. The molecule has 0 aliphatic rings. The summed E-state index contributed by atoms with van der Waals surface area (Å²) in [6.45, 7) is 6.53. The molecule has 410 valence electrons. The molecular formula is C62H105N2O7P. The predicted molar refractivity (Wildman–Crippen MR) is 307 cm³/mol. The Bertz CT molecular complexity index is 1650. The zero-order chi connectivity index (χ0) is 52.9. The van der Waals surface area contributed by atoms with Gasteiger partial charge in [0.2, 0.25) is 5.91 Å². The number of unbranched alkanes of at least 4 members (excludes halogenated alkanes) is 15. The van der Waals surface area contributed by atoms with Crippen LogP contribution >= 0.6 is 7.82 Å². The first-order chi connectivity index (χ1) is 34.9. The number of quaternary nitrogens is 1. The van der Waals surface area contributed by atoms with E-state index in [0.29, 0.717) is 23.9 Å². The van der Waals surface area contributed by atoms with Gasteiger partial charge in [-0.1, -0.05) is 200 Å². The molecule has 0 spiro atoms. The van der Waals surface area contributed by atoms with Gasteiger partial charge in [-0.15, -0.1) is 0 Å². The number of likely N-dealkylation sites (N-methyl/N-ethyl adjacent to an activating group) is 1. The lowest BCUT2D eigenvalue weighted by atomic mass is 10.1. The van der Waals surface area contributed by atoms with Crippen molar-refractivity contribution in [2.45, 2.75) is 219 Å². The van der Waals surface area contributed by atoms with Gasteiger partial charge in [-0.3, -0.25) is 14.2 Å². The molecule has 0 aromatic carbocycles. The molecule has 10 heteroatoms. The lowest BCUT2D eigenvalue weighted by Crippen LogP contribution is -2.47. The molecule has 0 aromatic rings. The molecule has 3 unspecified atom stereocenters. The van der Waals surface area contributed by atoms with E-state index in [2.05, 4.69) is 135 Å².